The Balaban J connectivity index is 1.35. The maximum atomic E-state index is 13.5. The van der Waals surface area contributed by atoms with Gasteiger partial charge in [0.25, 0.3) is 0 Å². The molecule has 0 unspecified atom stereocenters. The van der Waals surface area contributed by atoms with Crippen LogP contribution in [-0.2, 0) is 13.1 Å². The van der Waals surface area contributed by atoms with E-state index in [1.165, 1.54) is 17.7 Å². The smallest absolute Gasteiger partial charge is 0.226 e. The number of ether oxygens (including phenoxy) is 1. The van der Waals surface area contributed by atoms with Gasteiger partial charge in [0.2, 0.25) is 11.8 Å². The molecule has 33 heavy (non-hydrogen) atoms. The summed E-state index contributed by atoms with van der Waals surface area (Å²) in [6.07, 6.45) is 3.25. The summed E-state index contributed by atoms with van der Waals surface area (Å²) in [6, 6.07) is 17.6. The molecular weight excluding hydrogens is 421 g/mol. The molecular formula is C25H24FN5O2. The van der Waals surface area contributed by atoms with Crippen molar-refractivity contribution >= 4 is 5.96 Å². The van der Waals surface area contributed by atoms with Crippen molar-refractivity contribution in [3.63, 3.8) is 0 Å². The zero-order valence-corrected chi connectivity index (χ0v) is 18.4. The standard InChI is InChI=1S/C25H24FN5O2/c1-17-8-10-18(11-9-17)24-31-21(16-32-24)15-30-25(27-2)29-14-19-5-4-12-28-23(19)33-22-7-3-6-20(26)13-22/h3-13,16H,14-15H2,1-2H3,(H2,27,29,30). The van der Waals surface area contributed by atoms with Gasteiger partial charge < -0.3 is 19.8 Å². The average molecular weight is 445 g/mol. The van der Waals surface area contributed by atoms with E-state index in [0.717, 1.165) is 16.8 Å². The molecule has 0 aliphatic rings. The molecule has 0 radical (unpaired) electrons. The molecule has 0 atom stereocenters. The summed E-state index contributed by atoms with van der Waals surface area (Å²) in [4.78, 5) is 13.0. The quantitative estimate of drug-likeness (QED) is 0.313. The van der Waals surface area contributed by atoms with Crippen molar-refractivity contribution in [2.75, 3.05) is 7.05 Å². The van der Waals surface area contributed by atoms with Crippen LogP contribution in [0.5, 0.6) is 11.6 Å². The molecule has 168 valence electrons. The van der Waals surface area contributed by atoms with Gasteiger partial charge in [-0.05, 0) is 37.3 Å². The second kappa shape index (κ2) is 10.4. The van der Waals surface area contributed by atoms with Gasteiger partial charge in [-0.3, -0.25) is 4.99 Å². The molecule has 0 fully saturated rings. The number of oxazole rings is 1. The lowest BCUT2D eigenvalue weighted by Crippen LogP contribution is -2.36. The number of rotatable bonds is 7. The molecule has 8 heteroatoms. The van der Waals surface area contributed by atoms with Gasteiger partial charge in [0.15, 0.2) is 5.96 Å². The Morgan fingerprint density at radius 2 is 1.88 bits per heavy atom. The Morgan fingerprint density at radius 1 is 1.06 bits per heavy atom. The molecule has 2 aromatic carbocycles. The van der Waals surface area contributed by atoms with Crippen molar-refractivity contribution < 1.29 is 13.5 Å². The molecule has 0 spiro atoms. The number of pyridine rings is 1. The van der Waals surface area contributed by atoms with E-state index in [1.54, 1.807) is 31.6 Å². The van der Waals surface area contributed by atoms with E-state index in [9.17, 15) is 4.39 Å². The molecule has 0 amide bonds. The van der Waals surface area contributed by atoms with Crippen molar-refractivity contribution in [1.29, 1.82) is 0 Å². The van der Waals surface area contributed by atoms with E-state index < -0.39 is 0 Å². The van der Waals surface area contributed by atoms with Crippen molar-refractivity contribution in [2.24, 2.45) is 4.99 Å². The number of aromatic nitrogens is 2. The minimum Gasteiger partial charge on any atom is -0.444 e. The number of hydrogen-bond donors (Lipinski definition) is 2. The van der Waals surface area contributed by atoms with Gasteiger partial charge in [-0.15, -0.1) is 0 Å². The maximum Gasteiger partial charge on any atom is 0.226 e. The van der Waals surface area contributed by atoms with Crippen LogP contribution >= 0.6 is 0 Å². The first kappa shape index (κ1) is 22.0. The number of aryl methyl sites for hydroxylation is 1. The van der Waals surface area contributed by atoms with E-state index in [1.807, 2.05) is 43.3 Å². The zero-order chi connectivity index (χ0) is 23.0. The first-order chi connectivity index (χ1) is 16.1. The van der Waals surface area contributed by atoms with E-state index in [4.69, 9.17) is 9.15 Å². The predicted molar refractivity (Wildman–Crippen MR) is 124 cm³/mol. The summed E-state index contributed by atoms with van der Waals surface area (Å²) in [5, 5.41) is 6.44. The number of hydrogen-bond acceptors (Lipinski definition) is 5. The maximum absolute atomic E-state index is 13.5. The SMILES string of the molecule is CN=C(NCc1coc(-c2ccc(C)cc2)n1)NCc1cccnc1Oc1cccc(F)c1. The Bertz CT molecular complexity index is 1240. The van der Waals surface area contributed by atoms with E-state index in [2.05, 4.69) is 25.6 Å². The molecule has 0 saturated carbocycles. The fourth-order valence-corrected chi connectivity index (χ4v) is 3.08. The molecule has 0 aliphatic carbocycles. The monoisotopic (exact) mass is 445 g/mol. The number of guanidine groups is 1. The van der Waals surface area contributed by atoms with Crippen molar-refractivity contribution in [2.45, 2.75) is 20.0 Å². The normalized spacial score (nSPS) is 11.3. The Kier molecular flexibility index (Phi) is 6.94. The fourth-order valence-electron chi connectivity index (χ4n) is 3.08. The summed E-state index contributed by atoms with van der Waals surface area (Å²) in [6.45, 7) is 2.88. The first-order valence-corrected chi connectivity index (χ1v) is 10.4. The second-order valence-corrected chi connectivity index (χ2v) is 7.32. The van der Waals surface area contributed by atoms with Crippen LogP contribution in [0.25, 0.3) is 11.5 Å². The van der Waals surface area contributed by atoms with Gasteiger partial charge in [-0.1, -0.05) is 29.8 Å². The number of halogens is 1. The Hall–Kier alpha value is -4.20. The second-order valence-electron chi connectivity index (χ2n) is 7.32. The minimum atomic E-state index is -0.369. The molecule has 7 nitrogen and oxygen atoms in total. The lowest BCUT2D eigenvalue weighted by molar-refractivity contribution is 0.450. The van der Waals surface area contributed by atoms with Crippen molar-refractivity contribution in [3.8, 4) is 23.1 Å². The van der Waals surface area contributed by atoms with Crippen LogP contribution < -0.4 is 15.4 Å². The third-order valence-electron chi connectivity index (χ3n) is 4.82. The van der Waals surface area contributed by atoms with Crippen LogP contribution in [0.1, 0.15) is 16.8 Å². The average Bonchev–Trinajstić information content (AvgIpc) is 3.30. The predicted octanol–water partition coefficient (Wildman–Crippen LogP) is 4.84. The zero-order valence-electron chi connectivity index (χ0n) is 18.4. The summed E-state index contributed by atoms with van der Waals surface area (Å²) in [5.41, 5.74) is 3.66. The lowest BCUT2D eigenvalue weighted by Gasteiger charge is -2.13. The van der Waals surface area contributed by atoms with Crippen LogP contribution in [0.4, 0.5) is 4.39 Å². The summed E-state index contributed by atoms with van der Waals surface area (Å²) >= 11 is 0. The highest BCUT2D eigenvalue weighted by atomic mass is 19.1. The highest BCUT2D eigenvalue weighted by Gasteiger charge is 2.10. The van der Waals surface area contributed by atoms with Crippen molar-refractivity contribution in [3.05, 3.63) is 95.8 Å². The summed E-state index contributed by atoms with van der Waals surface area (Å²) in [5.74, 6) is 1.56. The molecule has 0 saturated heterocycles. The molecule has 2 aromatic heterocycles. The largest absolute Gasteiger partial charge is 0.444 e. The van der Waals surface area contributed by atoms with E-state index in [-0.39, 0.29) is 5.82 Å². The van der Waals surface area contributed by atoms with Gasteiger partial charge in [0, 0.05) is 37.0 Å². The lowest BCUT2D eigenvalue weighted by atomic mass is 10.1. The summed E-state index contributed by atoms with van der Waals surface area (Å²) < 4.78 is 24.8. The highest BCUT2D eigenvalue weighted by Crippen LogP contribution is 2.23. The van der Waals surface area contributed by atoms with Crippen LogP contribution in [0.3, 0.4) is 0 Å². The van der Waals surface area contributed by atoms with Crippen molar-refractivity contribution in [1.82, 2.24) is 20.6 Å². The highest BCUT2D eigenvalue weighted by molar-refractivity contribution is 5.79. The third-order valence-corrected chi connectivity index (χ3v) is 4.82. The Labute approximate surface area is 191 Å². The molecule has 4 aromatic rings. The number of aliphatic imine (C=N–C) groups is 1. The van der Waals surface area contributed by atoms with Gasteiger partial charge >= 0.3 is 0 Å². The van der Waals surface area contributed by atoms with Crippen LogP contribution in [0.2, 0.25) is 0 Å². The van der Waals surface area contributed by atoms with Gasteiger partial charge in [-0.25, -0.2) is 14.4 Å². The van der Waals surface area contributed by atoms with Gasteiger partial charge in [0.05, 0.1) is 12.2 Å². The van der Waals surface area contributed by atoms with Crippen LogP contribution in [-0.4, -0.2) is 23.0 Å². The summed E-state index contributed by atoms with van der Waals surface area (Å²) in [7, 11) is 1.68. The third kappa shape index (κ3) is 5.94. The minimum absolute atomic E-state index is 0.369. The fraction of sp³-hybridized carbons (Fsp3) is 0.160. The topological polar surface area (TPSA) is 84.6 Å². The number of benzene rings is 2. The van der Waals surface area contributed by atoms with Gasteiger partial charge in [-0.2, -0.15) is 0 Å². The van der Waals surface area contributed by atoms with Gasteiger partial charge in [0.1, 0.15) is 17.8 Å². The molecule has 0 bridgehead atoms. The molecule has 0 aliphatic heterocycles. The van der Waals surface area contributed by atoms with Crippen LogP contribution in [0.15, 0.2) is 82.5 Å². The number of nitrogens with zero attached hydrogens (tertiary/aromatic N) is 3. The first-order valence-electron chi connectivity index (χ1n) is 10.4. The molecule has 2 N–H and O–H groups in total. The Morgan fingerprint density at radius 3 is 2.67 bits per heavy atom. The van der Waals surface area contributed by atoms with E-state index >= 15 is 0 Å². The molecule has 4 rings (SSSR count). The molecule has 2 heterocycles. The van der Waals surface area contributed by atoms with E-state index in [0.29, 0.717) is 36.6 Å². The van der Waals surface area contributed by atoms with Crippen LogP contribution in [0, 0.1) is 12.7 Å². The number of nitrogens with one attached hydrogen (secondary N) is 2.